The van der Waals surface area contributed by atoms with Crippen molar-refractivity contribution < 1.29 is 9.21 Å². The van der Waals surface area contributed by atoms with Gasteiger partial charge in [0.1, 0.15) is 0 Å². The Kier molecular flexibility index (Phi) is 5.53. The van der Waals surface area contributed by atoms with Gasteiger partial charge >= 0.3 is 5.76 Å². The number of oxazole rings is 1. The van der Waals surface area contributed by atoms with Gasteiger partial charge in [-0.3, -0.25) is 9.36 Å². The number of benzene rings is 2. The Bertz CT molecular complexity index is 928. The number of aromatic nitrogens is 1. The molecule has 6 nitrogen and oxygen atoms in total. The van der Waals surface area contributed by atoms with Crippen molar-refractivity contribution in [3.05, 3.63) is 70.7 Å². The van der Waals surface area contributed by atoms with E-state index >= 15 is 0 Å². The molecule has 1 heterocycles. The molecular weight excluding hydrogens is 330 g/mol. The monoisotopic (exact) mass is 353 g/mol. The number of fused-ring (bicyclic) bond motifs is 1. The highest BCUT2D eigenvalue weighted by Gasteiger charge is 2.16. The minimum atomic E-state index is -0.438. The lowest BCUT2D eigenvalue weighted by atomic mass is 10.1. The van der Waals surface area contributed by atoms with Crippen LogP contribution < -0.4 is 11.1 Å². The predicted octanol–water partition coefficient (Wildman–Crippen LogP) is 2.40. The zero-order valence-electron chi connectivity index (χ0n) is 15.0. The summed E-state index contributed by atoms with van der Waals surface area (Å²) in [5.41, 5.74) is 2.30. The zero-order chi connectivity index (χ0) is 18.5. The highest BCUT2D eigenvalue weighted by molar-refractivity contribution is 5.77. The van der Waals surface area contributed by atoms with Crippen molar-refractivity contribution in [3.8, 4) is 0 Å². The van der Waals surface area contributed by atoms with Crippen LogP contribution in [0.2, 0.25) is 0 Å². The maximum atomic E-state index is 12.5. The van der Waals surface area contributed by atoms with Crippen molar-refractivity contribution in [1.82, 2.24) is 14.8 Å². The lowest BCUT2D eigenvalue weighted by Crippen LogP contribution is -2.36. The van der Waals surface area contributed by atoms with Crippen LogP contribution in [0.3, 0.4) is 0 Å². The van der Waals surface area contributed by atoms with E-state index in [2.05, 4.69) is 5.32 Å². The minimum absolute atomic E-state index is 0.0992. The van der Waals surface area contributed by atoms with Gasteiger partial charge in [0, 0.05) is 19.5 Å². The van der Waals surface area contributed by atoms with Gasteiger partial charge in [0.15, 0.2) is 5.58 Å². The van der Waals surface area contributed by atoms with Gasteiger partial charge in [0.05, 0.1) is 11.6 Å². The van der Waals surface area contributed by atoms with Crippen LogP contribution in [0.1, 0.15) is 18.0 Å². The second-order valence-corrected chi connectivity index (χ2v) is 6.53. The Morgan fingerprint density at radius 1 is 1.12 bits per heavy atom. The molecular formula is C20H23N3O3. The van der Waals surface area contributed by atoms with Crippen LogP contribution in [0.5, 0.6) is 0 Å². The van der Waals surface area contributed by atoms with Crippen molar-refractivity contribution in [1.29, 1.82) is 0 Å². The number of nitrogens with one attached hydrogen (secondary N) is 1. The van der Waals surface area contributed by atoms with Gasteiger partial charge in [-0.1, -0.05) is 42.5 Å². The molecule has 0 aliphatic carbocycles. The standard InChI is InChI=1S/C20H23N3O3/c1-22(2)14-16(15-8-4-3-5-9-15)21-19(24)12-13-23-17-10-6-7-11-18(17)26-20(23)25/h3-11,16H,12-14H2,1-2H3,(H,21,24)/t16-/m1/s1. The molecule has 26 heavy (non-hydrogen) atoms. The molecule has 1 aromatic heterocycles. The van der Waals surface area contributed by atoms with Gasteiger partial charge in [-0.2, -0.15) is 0 Å². The lowest BCUT2D eigenvalue weighted by Gasteiger charge is -2.23. The minimum Gasteiger partial charge on any atom is -0.408 e. The molecule has 2 aromatic carbocycles. The smallest absolute Gasteiger partial charge is 0.408 e. The number of amides is 1. The number of aryl methyl sites for hydroxylation is 1. The maximum absolute atomic E-state index is 12.5. The Morgan fingerprint density at radius 3 is 2.54 bits per heavy atom. The Labute approximate surface area is 152 Å². The van der Waals surface area contributed by atoms with Crippen LogP contribution in [0.4, 0.5) is 0 Å². The number of hydrogen-bond acceptors (Lipinski definition) is 4. The van der Waals surface area contributed by atoms with Gasteiger partial charge in [0.25, 0.3) is 0 Å². The average molecular weight is 353 g/mol. The molecule has 3 rings (SSSR count). The SMILES string of the molecule is CN(C)C[C@@H](NC(=O)CCn1c(=O)oc2ccccc21)c1ccccc1. The summed E-state index contributed by atoms with van der Waals surface area (Å²) in [6.45, 7) is 0.982. The van der Waals surface area contributed by atoms with E-state index in [1.54, 1.807) is 6.07 Å². The first-order valence-electron chi connectivity index (χ1n) is 8.62. The van der Waals surface area contributed by atoms with E-state index in [1.807, 2.05) is 67.5 Å². The van der Waals surface area contributed by atoms with E-state index in [-0.39, 0.29) is 24.9 Å². The van der Waals surface area contributed by atoms with E-state index < -0.39 is 5.76 Å². The Hall–Kier alpha value is -2.86. The molecule has 136 valence electrons. The molecule has 0 radical (unpaired) electrons. The molecule has 0 bridgehead atoms. The fourth-order valence-electron chi connectivity index (χ4n) is 2.99. The molecule has 0 spiro atoms. The molecule has 0 aliphatic rings. The quantitative estimate of drug-likeness (QED) is 0.708. The number of para-hydroxylation sites is 2. The lowest BCUT2D eigenvalue weighted by molar-refractivity contribution is -0.122. The van der Waals surface area contributed by atoms with Crippen molar-refractivity contribution >= 4 is 17.0 Å². The van der Waals surface area contributed by atoms with Crippen LogP contribution in [0, 0.1) is 0 Å². The van der Waals surface area contributed by atoms with E-state index in [4.69, 9.17) is 4.42 Å². The van der Waals surface area contributed by atoms with Crippen molar-refractivity contribution in [2.75, 3.05) is 20.6 Å². The summed E-state index contributed by atoms with van der Waals surface area (Å²) in [5, 5.41) is 3.07. The first kappa shape index (κ1) is 17.9. The van der Waals surface area contributed by atoms with E-state index in [9.17, 15) is 9.59 Å². The van der Waals surface area contributed by atoms with Crippen LogP contribution in [-0.4, -0.2) is 36.0 Å². The van der Waals surface area contributed by atoms with Crippen LogP contribution >= 0.6 is 0 Å². The summed E-state index contributed by atoms with van der Waals surface area (Å²) in [4.78, 5) is 26.5. The summed E-state index contributed by atoms with van der Waals surface area (Å²) < 4.78 is 6.70. The first-order chi connectivity index (χ1) is 12.5. The number of likely N-dealkylation sites (N-methyl/N-ethyl adjacent to an activating group) is 1. The molecule has 1 atom stereocenters. The molecule has 0 saturated carbocycles. The molecule has 3 aromatic rings. The summed E-state index contributed by atoms with van der Waals surface area (Å²) in [6, 6.07) is 17.0. The van der Waals surface area contributed by atoms with Gasteiger partial charge in [0.2, 0.25) is 5.91 Å². The summed E-state index contributed by atoms with van der Waals surface area (Å²) >= 11 is 0. The van der Waals surface area contributed by atoms with E-state index in [1.165, 1.54) is 4.57 Å². The second kappa shape index (κ2) is 8.01. The molecule has 0 aliphatic heterocycles. The van der Waals surface area contributed by atoms with Gasteiger partial charge in [-0.25, -0.2) is 4.79 Å². The zero-order valence-corrected chi connectivity index (χ0v) is 15.0. The third kappa shape index (κ3) is 4.21. The number of carbonyl (C=O) groups is 1. The number of carbonyl (C=O) groups excluding carboxylic acids is 1. The van der Waals surface area contributed by atoms with Crippen LogP contribution in [0.15, 0.2) is 63.8 Å². The van der Waals surface area contributed by atoms with E-state index in [0.717, 1.165) is 5.56 Å². The highest BCUT2D eigenvalue weighted by Crippen LogP contribution is 2.15. The van der Waals surface area contributed by atoms with Crippen LogP contribution in [0.25, 0.3) is 11.1 Å². The summed E-state index contributed by atoms with van der Waals surface area (Å²) in [6.07, 6.45) is 0.209. The third-order valence-corrected chi connectivity index (χ3v) is 4.22. The first-order valence-corrected chi connectivity index (χ1v) is 8.62. The largest absolute Gasteiger partial charge is 0.419 e. The third-order valence-electron chi connectivity index (χ3n) is 4.22. The maximum Gasteiger partial charge on any atom is 0.419 e. The summed E-state index contributed by atoms with van der Waals surface area (Å²) in [5.74, 6) is -0.537. The van der Waals surface area contributed by atoms with Crippen LogP contribution in [-0.2, 0) is 11.3 Å². The average Bonchev–Trinajstić information content (AvgIpc) is 2.95. The van der Waals surface area contributed by atoms with Gasteiger partial charge in [-0.15, -0.1) is 0 Å². The molecule has 1 N–H and O–H groups in total. The van der Waals surface area contributed by atoms with Gasteiger partial charge in [-0.05, 0) is 31.8 Å². The molecule has 0 saturated heterocycles. The molecule has 0 unspecified atom stereocenters. The molecule has 1 amide bonds. The molecule has 0 fully saturated rings. The molecule has 6 heteroatoms. The Morgan fingerprint density at radius 2 is 1.81 bits per heavy atom. The van der Waals surface area contributed by atoms with Crippen molar-refractivity contribution in [2.24, 2.45) is 0 Å². The number of hydrogen-bond donors (Lipinski definition) is 1. The Balaban J connectivity index is 1.68. The number of rotatable bonds is 7. The fraction of sp³-hybridized carbons (Fsp3) is 0.300. The van der Waals surface area contributed by atoms with E-state index in [0.29, 0.717) is 17.6 Å². The summed E-state index contributed by atoms with van der Waals surface area (Å²) in [7, 11) is 3.94. The van der Waals surface area contributed by atoms with Gasteiger partial charge < -0.3 is 14.6 Å². The topological polar surface area (TPSA) is 67.5 Å². The van der Waals surface area contributed by atoms with Crippen molar-refractivity contribution in [3.63, 3.8) is 0 Å². The number of nitrogens with zero attached hydrogens (tertiary/aromatic N) is 2. The normalized spacial score (nSPS) is 12.4. The highest BCUT2D eigenvalue weighted by atomic mass is 16.4. The van der Waals surface area contributed by atoms with Crippen molar-refractivity contribution in [2.45, 2.75) is 19.0 Å². The fourth-order valence-corrected chi connectivity index (χ4v) is 2.99. The predicted molar refractivity (Wildman–Crippen MR) is 101 cm³/mol. The second-order valence-electron chi connectivity index (χ2n) is 6.53.